The Morgan fingerprint density at radius 1 is 1.20 bits per heavy atom. The van der Waals surface area contributed by atoms with Crippen LogP contribution in [-0.4, -0.2) is 42.8 Å². The Hall–Kier alpha value is -2.96. The predicted octanol–water partition coefficient (Wildman–Crippen LogP) is 3.78. The summed E-state index contributed by atoms with van der Waals surface area (Å²) in [7, 11) is -4.09. The van der Waals surface area contributed by atoms with Gasteiger partial charge in [-0.1, -0.05) is 0 Å². The van der Waals surface area contributed by atoms with Crippen LogP contribution in [0, 0.1) is 6.92 Å². The molecule has 0 radical (unpaired) electrons. The second kappa shape index (κ2) is 8.05. The van der Waals surface area contributed by atoms with E-state index in [1.807, 2.05) is 0 Å². The van der Waals surface area contributed by atoms with Crippen molar-refractivity contribution in [1.82, 2.24) is 15.0 Å². The molecule has 1 N–H and O–H groups in total. The van der Waals surface area contributed by atoms with Crippen molar-refractivity contribution in [3.05, 3.63) is 41.7 Å². The van der Waals surface area contributed by atoms with Crippen molar-refractivity contribution in [2.45, 2.75) is 30.6 Å². The summed E-state index contributed by atoms with van der Waals surface area (Å²) in [5.41, 5.74) is 0.465. The van der Waals surface area contributed by atoms with Crippen LogP contribution in [0.1, 0.15) is 11.3 Å². The number of alkyl halides is 5. The predicted molar refractivity (Wildman–Crippen MR) is 94.1 cm³/mol. The highest BCUT2D eigenvalue weighted by Gasteiger charge is 2.29. The Kier molecular flexibility index (Phi) is 5.83. The van der Waals surface area contributed by atoms with Gasteiger partial charge in [0.1, 0.15) is 17.3 Å². The van der Waals surface area contributed by atoms with Crippen LogP contribution in [0.5, 0.6) is 11.5 Å². The molecule has 0 saturated carbocycles. The minimum atomic E-state index is -4.55. The normalized spacial score (nSPS) is 12.5. The van der Waals surface area contributed by atoms with E-state index in [1.54, 1.807) is 0 Å². The van der Waals surface area contributed by atoms with Gasteiger partial charge in [-0.05, 0) is 25.1 Å². The van der Waals surface area contributed by atoms with Gasteiger partial charge in [-0.25, -0.2) is 13.4 Å². The molecule has 3 rings (SSSR count). The van der Waals surface area contributed by atoms with Crippen molar-refractivity contribution < 1.29 is 39.8 Å². The molecular weight excluding hydrogens is 437 g/mol. The molecule has 0 aliphatic carbocycles. The fraction of sp³-hybridized carbons (Fsp3) is 0.294. The molecule has 0 unspecified atom stereocenters. The monoisotopic (exact) mass is 451 g/mol. The number of ether oxygens (including phenoxy) is 2. The third-order valence-corrected chi connectivity index (χ3v) is 5.37. The zero-order valence-corrected chi connectivity index (χ0v) is 16.0. The SMILES string of the molecule is Cc1c(OCC(F)(F)F)ccnc1CS(=O)(=O)c1nc2cc(OC(F)F)ccc2[nH]1. The Morgan fingerprint density at radius 2 is 1.93 bits per heavy atom. The molecule has 0 bridgehead atoms. The summed E-state index contributed by atoms with van der Waals surface area (Å²) in [5.74, 6) is -1.01. The van der Waals surface area contributed by atoms with E-state index in [-0.39, 0.29) is 33.8 Å². The van der Waals surface area contributed by atoms with Crippen molar-refractivity contribution in [2.24, 2.45) is 0 Å². The van der Waals surface area contributed by atoms with Gasteiger partial charge in [0.15, 0.2) is 6.61 Å². The number of benzene rings is 1. The number of H-pyrrole nitrogens is 1. The number of hydrogen-bond acceptors (Lipinski definition) is 6. The first-order chi connectivity index (χ1) is 13.9. The molecule has 0 aliphatic rings. The topological polar surface area (TPSA) is 94.2 Å². The number of rotatable bonds is 7. The zero-order chi connectivity index (χ0) is 22.1. The number of aromatic amines is 1. The first kappa shape index (κ1) is 21.7. The lowest BCUT2D eigenvalue weighted by molar-refractivity contribution is -0.153. The van der Waals surface area contributed by atoms with Crippen LogP contribution in [0.3, 0.4) is 0 Å². The average molecular weight is 451 g/mol. The number of pyridine rings is 1. The summed E-state index contributed by atoms with van der Waals surface area (Å²) in [6, 6.07) is 4.89. The number of nitrogens with zero attached hydrogens (tertiary/aromatic N) is 2. The fourth-order valence-corrected chi connectivity index (χ4v) is 3.85. The van der Waals surface area contributed by atoms with E-state index in [0.717, 1.165) is 12.3 Å². The molecule has 2 aromatic heterocycles. The van der Waals surface area contributed by atoms with Crippen molar-refractivity contribution in [3.8, 4) is 11.5 Å². The molecule has 0 aliphatic heterocycles. The van der Waals surface area contributed by atoms with Crippen molar-refractivity contribution in [1.29, 1.82) is 0 Å². The van der Waals surface area contributed by atoms with E-state index in [0.29, 0.717) is 0 Å². The summed E-state index contributed by atoms with van der Waals surface area (Å²) < 4.78 is 96.1. The van der Waals surface area contributed by atoms with Crippen LogP contribution >= 0.6 is 0 Å². The third-order valence-electron chi connectivity index (χ3n) is 3.93. The lowest BCUT2D eigenvalue weighted by Crippen LogP contribution is -2.20. The molecule has 0 fully saturated rings. The molecule has 30 heavy (non-hydrogen) atoms. The van der Waals surface area contributed by atoms with Gasteiger partial charge in [0, 0.05) is 17.8 Å². The molecule has 0 atom stereocenters. The quantitative estimate of drug-likeness (QED) is 0.550. The van der Waals surface area contributed by atoms with Crippen LogP contribution in [0.4, 0.5) is 22.0 Å². The first-order valence-corrected chi connectivity index (χ1v) is 9.91. The van der Waals surface area contributed by atoms with E-state index in [4.69, 9.17) is 4.74 Å². The molecule has 7 nitrogen and oxygen atoms in total. The summed E-state index contributed by atoms with van der Waals surface area (Å²) in [5, 5.41) is -0.450. The van der Waals surface area contributed by atoms with Crippen LogP contribution in [-0.2, 0) is 15.6 Å². The second-order valence-electron chi connectivity index (χ2n) is 6.14. The number of hydrogen-bond donors (Lipinski definition) is 1. The minimum Gasteiger partial charge on any atom is -0.484 e. The maximum Gasteiger partial charge on any atom is 0.422 e. The van der Waals surface area contributed by atoms with Crippen LogP contribution in [0.15, 0.2) is 35.6 Å². The molecular formula is C17H14F5N3O4S. The summed E-state index contributed by atoms with van der Waals surface area (Å²) >= 11 is 0. The van der Waals surface area contributed by atoms with Gasteiger partial charge in [-0.2, -0.15) is 22.0 Å². The van der Waals surface area contributed by atoms with Crippen LogP contribution < -0.4 is 9.47 Å². The molecule has 3 aromatic rings. The fourth-order valence-electron chi connectivity index (χ4n) is 2.55. The lowest BCUT2D eigenvalue weighted by Gasteiger charge is -2.13. The smallest absolute Gasteiger partial charge is 0.422 e. The van der Waals surface area contributed by atoms with Crippen molar-refractivity contribution in [2.75, 3.05) is 6.61 Å². The summed E-state index contributed by atoms with van der Waals surface area (Å²) in [6.07, 6.45) is -3.42. The summed E-state index contributed by atoms with van der Waals surface area (Å²) in [4.78, 5) is 10.4. The van der Waals surface area contributed by atoms with Gasteiger partial charge < -0.3 is 14.5 Å². The van der Waals surface area contributed by atoms with Crippen molar-refractivity contribution >= 4 is 20.9 Å². The Labute approximate surface area is 166 Å². The standard InChI is InChI=1S/C17H14F5N3O4S/c1-9-13(23-5-4-14(9)28-8-17(20,21)22)7-30(26,27)16-24-11-3-2-10(29-15(18)19)6-12(11)25-16/h2-6,15H,7-8H2,1H3,(H,24,25). The average Bonchev–Trinajstić information content (AvgIpc) is 3.05. The molecule has 13 heteroatoms. The van der Waals surface area contributed by atoms with E-state index in [9.17, 15) is 30.4 Å². The number of sulfone groups is 1. The molecule has 0 amide bonds. The lowest BCUT2D eigenvalue weighted by atomic mass is 10.2. The minimum absolute atomic E-state index is 0.0168. The van der Waals surface area contributed by atoms with Gasteiger partial charge in [0.25, 0.3) is 0 Å². The number of nitrogens with one attached hydrogen (secondary N) is 1. The largest absolute Gasteiger partial charge is 0.484 e. The summed E-state index contributed by atoms with van der Waals surface area (Å²) in [6.45, 7) is -3.20. The van der Waals surface area contributed by atoms with E-state index >= 15 is 0 Å². The van der Waals surface area contributed by atoms with Crippen LogP contribution in [0.25, 0.3) is 11.0 Å². The van der Waals surface area contributed by atoms with Gasteiger partial charge in [-0.3, -0.25) is 4.98 Å². The third kappa shape index (κ3) is 5.14. The number of aromatic nitrogens is 3. The molecule has 0 saturated heterocycles. The number of halogens is 5. The van der Waals surface area contributed by atoms with Gasteiger partial charge in [0.2, 0.25) is 15.0 Å². The van der Waals surface area contributed by atoms with Crippen LogP contribution in [0.2, 0.25) is 0 Å². The van der Waals surface area contributed by atoms with E-state index < -0.39 is 40.1 Å². The van der Waals surface area contributed by atoms with Gasteiger partial charge in [-0.15, -0.1) is 0 Å². The maximum absolute atomic E-state index is 12.7. The first-order valence-electron chi connectivity index (χ1n) is 8.26. The molecule has 1 aromatic carbocycles. The molecule has 162 valence electrons. The Bertz CT molecular complexity index is 1160. The number of fused-ring (bicyclic) bond motifs is 1. The second-order valence-corrected chi connectivity index (χ2v) is 8.05. The molecule has 2 heterocycles. The van der Waals surface area contributed by atoms with Gasteiger partial charge >= 0.3 is 12.8 Å². The zero-order valence-electron chi connectivity index (χ0n) is 15.2. The maximum atomic E-state index is 12.7. The van der Waals surface area contributed by atoms with Gasteiger partial charge in [0.05, 0.1) is 16.7 Å². The highest BCUT2D eigenvalue weighted by Crippen LogP contribution is 2.27. The number of imidazole rings is 1. The highest BCUT2D eigenvalue weighted by molar-refractivity contribution is 7.90. The Morgan fingerprint density at radius 3 is 2.60 bits per heavy atom. The Balaban J connectivity index is 1.86. The van der Waals surface area contributed by atoms with Crippen molar-refractivity contribution in [3.63, 3.8) is 0 Å². The van der Waals surface area contributed by atoms with E-state index in [2.05, 4.69) is 19.7 Å². The highest BCUT2D eigenvalue weighted by atomic mass is 32.2. The molecule has 0 spiro atoms. The van der Waals surface area contributed by atoms with E-state index in [1.165, 1.54) is 25.1 Å².